The van der Waals surface area contributed by atoms with E-state index in [4.69, 9.17) is 10.5 Å². The zero-order chi connectivity index (χ0) is 16.9. The molecule has 2 atom stereocenters. The largest absolute Gasteiger partial charge is 0.493 e. The fourth-order valence-corrected chi connectivity index (χ4v) is 3.10. The van der Waals surface area contributed by atoms with Gasteiger partial charge in [0.25, 0.3) is 0 Å². The van der Waals surface area contributed by atoms with Crippen LogP contribution in [0.1, 0.15) is 49.9 Å². The van der Waals surface area contributed by atoms with Crippen LogP contribution in [0.3, 0.4) is 0 Å². The summed E-state index contributed by atoms with van der Waals surface area (Å²) >= 11 is 0. The molecule has 0 aromatic heterocycles. The lowest BCUT2D eigenvalue weighted by Crippen LogP contribution is -2.27. The first-order chi connectivity index (χ1) is 11.6. The Bertz CT molecular complexity index is 671. The van der Waals surface area contributed by atoms with E-state index < -0.39 is 0 Å². The van der Waals surface area contributed by atoms with Gasteiger partial charge in [-0.15, -0.1) is 0 Å². The van der Waals surface area contributed by atoms with Crippen LogP contribution in [0.15, 0.2) is 48.5 Å². The summed E-state index contributed by atoms with van der Waals surface area (Å²) in [6.45, 7) is 5.18. The van der Waals surface area contributed by atoms with Gasteiger partial charge in [-0.3, -0.25) is 0 Å². The third-order valence-corrected chi connectivity index (χ3v) is 4.52. The van der Waals surface area contributed by atoms with Crippen LogP contribution in [-0.4, -0.2) is 6.61 Å². The molecule has 1 aliphatic rings. The first-order valence-corrected chi connectivity index (χ1v) is 8.72. The number of para-hydroxylation sites is 2. The molecule has 128 valence electrons. The van der Waals surface area contributed by atoms with Crippen LogP contribution in [-0.2, 0) is 0 Å². The van der Waals surface area contributed by atoms with Crippen LogP contribution in [0.2, 0.25) is 0 Å². The first-order valence-electron chi connectivity index (χ1n) is 8.72. The van der Waals surface area contributed by atoms with E-state index in [1.54, 1.807) is 0 Å². The molecule has 0 spiro atoms. The molecular formula is C20H27N3O. The Morgan fingerprint density at radius 1 is 1.00 bits per heavy atom. The van der Waals surface area contributed by atoms with Crippen molar-refractivity contribution in [3.8, 4) is 5.75 Å². The second-order valence-corrected chi connectivity index (χ2v) is 6.83. The van der Waals surface area contributed by atoms with E-state index in [1.165, 1.54) is 5.56 Å². The van der Waals surface area contributed by atoms with E-state index in [0.29, 0.717) is 5.92 Å². The summed E-state index contributed by atoms with van der Waals surface area (Å²) in [4.78, 5) is 0. The highest BCUT2D eigenvalue weighted by molar-refractivity contribution is 5.49. The monoisotopic (exact) mass is 325 g/mol. The Kier molecular flexibility index (Phi) is 5.38. The molecule has 0 radical (unpaired) electrons. The number of hydrogen-bond donors (Lipinski definition) is 3. The maximum Gasteiger partial charge on any atom is 0.124 e. The molecule has 2 aromatic carbocycles. The van der Waals surface area contributed by atoms with E-state index in [1.807, 2.05) is 24.3 Å². The van der Waals surface area contributed by atoms with Crippen molar-refractivity contribution in [1.82, 2.24) is 10.9 Å². The fourth-order valence-electron chi connectivity index (χ4n) is 3.10. The Balaban J connectivity index is 1.71. The molecule has 0 aliphatic carbocycles. The fraction of sp³-hybridized carbons (Fsp3) is 0.400. The highest BCUT2D eigenvalue weighted by atomic mass is 16.5. The van der Waals surface area contributed by atoms with Gasteiger partial charge in [0.2, 0.25) is 0 Å². The van der Waals surface area contributed by atoms with Crippen LogP contribution >= 0.6 is 0 Å². The molecule has 24 heavy (non-hydrogen) atoms. The second-order valence-electron chi connectivity index (χ2n) is 6.83. The normalized spacial score (nSPS) is 20.5. The molecule has 0 bridgehead atoms. The number of anilines is 1. The van der Waals surface area contributed by atoms with Gasteiger partial charge < -0.3 is 10.5 Å². The molecule has 4 heteroatoms. The highest BCUT2D eigenvalue weighted by Gasteiger charge is 2.28. The predicted molar refractivity (Wildman–Crippen MR) is 98.6 cm³/mol. The van der Waals surface area contributed by atoms with Gasteiger partial charge in [0, 0.05) is 11.3 Å². The summed E-state index contributed by atoms with van der Waals surface area (Å²) in [5.74, 6) is 1.62. The highest BCUT2D eigenvalue weighted by Crippen LogP contribution is 2.36. The molecule has 0 saturated carbocycles. The summed E-state index contributed by atoms with van der Waals surface area (Å²) in [6, 6.07) is 16.8. The van der Waals surface area contributed by atoms with Crippen molar-refractivity contribution in [3.63, 3.8) is 0 Å². The Morgan fingerprint density at radius 2 is 1.62 bits per heavy atom. The van der Waals surface area contributed by atoms with E-state index in [9.17, 15) is 0 Å². The number of nitrogens with two attached hydrogens (primary N) is 1. The molecular weight excluding hydrogens is 298 g/mol. The Morgan fingerprint density at radius 3 is 2.33 bits per heavy atom. The Hall–Kier alpha value is -2.04. The van der Waals surface area contributed by atoms with E-state index in [0.717, 1.165) is 36.4 Å². The SMILES string of the molecule is CC(C)CCOc1ccccc1C1CC(c2ccccc2N)NN1. The average Bonchev–Trinajstić information content (AvgIpc) is 3.05. The van der Waals surface area contributed by atoms with E-state index in [-0.39, 0.29) is 12.1 Å². The maximum absolute atomic E-state index is 6.12. The lowest BCUT2D eigenvalue weighted by molar-refractivity contribution is 0.284. The molecule has 1 fully saturated rings. The summed E-state index contributed by atoms with van der Waals surface area (Å²) in [6.07, 6.45) is 2.01. The van der Waals surface area contributed by atoms with Gasteiger partial charge in [-0.2, -0.15) is 0 Å². The van der Waals surface area contributed by atoms with Crippen molar-refractivity contribution in [3.05, 3.63) is 59.7 Å². The van der Waals surface area contributed by atoms with Gasteiger partial charge in [-0.05, 0) is 36.5 Å². The van der Waals surface area contributed by atoms with E-state index >= 15 is 0 Å². The molecule has 1 heterocycles. The van der Waals surface area contributed by atoms with Crippen molar-refractivity contribution in [2.45, 2.75) is 38.8 Å². The molecule has 1 aliphatic heterocycles. The van der Waals surface area contributed by atoms with Crippen LogP contribution < -0.4 is 21.3 Å². The van der Waals surface area contributed by atoms with Crippen molar-refractivity contribution in [1.29, 1.82) is 0 Å². The van der Waals surface area contributed by atoms with Gasteiger partial charge in [0.15, 0.2) is 0 Å². The minimum atomic E-state index is 0.208. The molecule has 4 nitrogen and oxygen atoms in total. The van der Waals surface area contributed by atoms with Crippen molar-refractivity contribution in [2.24, 2.45) is 5.92 Å². The van der Waals surface area contributed by atoms with Crippen molar-refractivity contribution in [2.75, 3.05) is 12.3 Å². The third-order valence-electron chi connectivity index (χ3n) is 4.52. The number of benzene rings is 2. The van der Waals surface area contributed by atoms with Crippen molar-refractivity contribution < 1.29 is 4.74 Å². The number of rotatable bonds is 6. The van der Waals surface area contributed by atoms with Crippen LogP contribution in [0.5, 0.6) is 5.75 Å². The van der Waals surface area contributed by atoms with E-state index in [2.05, 4.69) is 49.0 Å². The topological polar surface area (TPSA) is 59.3 Å². The van der Waals surface area contributed by atoms with Gasteiger partial charge in [0.1, 0.15) is 5.75 Å². The number of ether oxygens (including phenoxy) is 1. The summed E-state index contributed by atoms with van der Waals surface area (Å²) in [5, 5.41) is 0. The smallest absolute Gasteiger partial charge is 0.124 e. The maximum atomic E-state index is 6.12. The summed E-state index contributed by atoms with van der Waals surface area (Å²) in [7, 11) is 0. The lowest BCUT2D eigenvalue weighted by Gasteiger charge is -2.16. The van der Waals surface area contributed by atoms with Crippen LogP contribution in [0.4, 0.5) is 5.69 Å². The predicted octanol–water partition coefficient (Wildman–Crippen LogP) is 3.97. The second kappa shape index (κ2) is 7.69. The van der Waals surface area contributed by atoms with Gasteiger partial charge in [0.05, 0.1) is 18.7 Å². The Labute approximate surface area is 144 Å². The van der Waals surface area contributed by atoms with Gasteiger partial charge in [-0.1, -0.05) is 50.2 Å². The number of hydrogen-bond acceptors (Lipinski definition) is 4. The summed E-state index contributed by atoms with van der Waals surface area (Å²) in [5.41, 5.74) is 16.1. The molecule has 1 saturated heterocycles. The van der Waals surface area contributed by atoms with Gasteiger partial charge in [-0.25, -0.2) is 10.9 Å². The lowest BCUT2D eigenvalue weighted by atomic mass is 9.96. The standard InChI is InChI=1S/C20H27N3O/c1-14(2)11-12-24-20-10-6-4-8-16(20)19-13-18(22-23-19)15-7-3-5-9-17(15)21/h3-10,14,18-19,22-23H,11-13,21H2,1-2H3. The van der Waals surface area contributed by atoms with Crippen LogP contribution in [0, 0.1) is 5.92 Å². The minimum absolute atomic E-state index is 0.208. The first kappa shape index (κ1) is 16.8. The van der Waals surface area contributed by atoms with Crippen LogP contribution in [0.25, 0.3) is 0 Å². The molecule has 3 rings (SSSR count). The molecule has 0 amide bonds. The molecule has 2 unspecified atom stereocenters. The van der Waals surface area contributed by atoms with Gasteiger partial charge >= 0.3 is 0 Å². The molecule has 4 N–H and O–H groups in total. The quantitative estimate of drug-likeness (QED) is 0.703. The zero-order valence-corrected chi connectivity index (χ0v) is 14.5. The third kappa shape index (κ3) is 3.89. The average molecular weight is 325 g/mol. The number of nitrogen functional groups attached to an aromatic ring is 1. The minimum Gasteiger partial charge on any atom is -0.493 e. The zero-order valence-electron chi connectivity index (χ0n) is 14.5. The number of nitrogens with one attached hydrogen (secondary N) is 2. The van der Waals surface area contributed by atoms with Crippen molar-refractivity contribution >= 4 is 5.69 Å². The number of hydrazine groups is 1. The molecule has 2 aromatic rings. The summed E-state index contributed by atoms with van der Waals surface area (Å²) < 4.78 is 6.03.